The van der Waals surface area contributed by atoms with Crippen molar-refractivity contribution >= 4 is 39.1 Å². The summed E-state index contributed by atoms with van der Waals surface area (Å²) in [7, 11) is 0. The van der Waals surface area contributed by atoms with Crippen molar-refractivity contribution in [3.63, 3.8) is 0 Å². The molecule has 0 fully saturated rings. The second-order valence-corrected chi connectivity index (χ2v) is 9.51. The number of fused-ring (bicyclic) bond motifs is 11. The van der Waals surface area contributed by atoms with Crippen LogP contribution in [0.5, 0.6) is 0 Å². The summed E-state index contributed by atoms with van der Waals surface area (Å²) in [5.41, 5.74) is 11.5. The van der Waals surface area contributed by atoms with Gasteiger partial charge in [0.15, 0.2) is 0 Å². The quantitative estimate of drug-likeness (QED) is 0.241. The van der Waals surface area contributed by atoms with E-state index in [2.05, 4.69) is 80.2 Å². The zero-order valence-corrected chi connectivity index (χ0v) is 19.5. The van der Waals surface area contributed by atoms with Crippen molar-refractivity contribution < 1.29 is 4.42 Å². The maximum atomic E-state index is 6.67. The topological polar surface area (TPSA) is 13.1 Å². The Bertz CT molecular complexity index is 1750. The molecule has 2 aliphatic rings. The average Bonchev–Trinajstić information content (AvgIpc) is 3.46. The fourth-order valence-corrected chi connectivity index (χ4v) is 6.47. The molecule has 162 valence electrons. The number of furan rings is 1. The molecule has 0 N–H and O–H groups in total. The molecule has 34 heavy (non-hydrogen) atoms. The zero-order valence-electron chi connectivity index (χ0n) is 18.7. The fourth-order valence-electron chi connectivity index (χ4n) is 6.30. The van der Waals surface area contributed by atoms with Crippen molar-refractivity contribution in [2.24, 2.45) is 0 Å². The molecule has 0 amide bonds. The van der Waals surface area contributed by atoms with Crippen LogP contribution in [-0.4, -0.2) is 0 Å². The maximum absolute atomic E-state index is 6.67. The highest BCUT2D eigenvalue weighted by atomic mass is 35.5. The summed E-state index contributed by atoms with van der Waals surface area (Å²) in [5, 5.41) is 3.05. The molecule has 2 aliphatic carbocycles. The summed E-state index contributed by atoms with van der Waals surface area (Å²) in [5.74, 6) is 0. The van der Waals surface area contributed by atoms with E-state index in [-0.39, 0.29) is 0 Å². The minimum Gasteiger partial charge on any atom is -0.456 e. The monoisotopic (exact) mass is 456 g/mol. The summed E-state index contributed by atoms with van der Waals surface area (Å²) in [4.78, 5) is 0. The molecule has 4 aromatic carbocycles. The van der Waals surface area contributed by atoms with Gasteiger partial charge in [-0.05, 0) is 75.7 Å². The Morgan fingerprint density at radius 2 is 1.65 bits per heavy atom. The van der Waals surface area contributed by atoms with Crippen LogP contribution < -0.4 is 0 Å². The molecule has 0 saturated carbocycles. The zero-order chi connectivity index (χ0) is 23.0. The van der Waals surface area contributed by atoms with Gasteiger partial charge >= 0.3 is 0 Å². The maximum Gasteiger partial charge on any atom is 0.136 e. The molecular weight excluding hydrogens is 436 g/mol. The standard InChI is InChI=1S/C32H21ClO/c1-3-4-11-24-19(2)21-9-5-7-12-25(21)32(24)26-16-17-29-31(23-10-6-8-13-28(23)34-29)30(26)22-15-14-20(33)18-27(22)32/h3-18H,1H2,2H3/b11-4-. The van der Waals surface area contributed by atoms with Gasteiger partial charge in [0.1, 0.15) is 11.2 Å². The molecule has 2 heteroatoms. The Morgan fingerprint density at radius 1 is 0.824 bits per heavy atom. The Labute approximate surface area is 203 Å². The van der Waals surface area contributed by atoms with E-state index in [1.165, 1.54) is 49.9 Å². The summed E-state index contributed by atoms with van der Waals surface area (Å²) < 4.78 is 6.28. The number of benzene rings is 4. The fraction of sp³-hybridized carbons (Fsp3) is 0.0625. The second-order valence-electron chi connectivity index (χ2n) is 9.08. The molecule has 1 spiro atoms. The predicted octanol–water partition coefficient (Wildman–Crippen LogP) is 9.08. The molecule has 1 heterocycles. The molecule has 0 radical (unpaired) electrons. The third kappa shape index (κ3) is 2.25. The molecule has 1 unspecified atom stereocenters. The first-order valence-electron chi connectivity index (χ1n) is 11.5. The summed E-state index contributed by atoms with van der Waals surface area (Å²) in [6, 6.07) is 27.8. The van der Waals surface area contributed by atoms with Crippen molar-refractivity contribution in [2.75, 3.05) is 0 Å². The average molecular weight is 457 g/mol. The molecule has 7 rings (SSSR count). The molecular formula is C32H21ClO. The molecule has 0 aliphatic heterocycles. The van der Waals surface area contributed by atoms with Gasteiger partial charge in [0.2, 0.25) is 0 Å². The number of rotatable bonds is 2. The van der Waals surface area contributed by atoms with E-state index in [1.54, 1.807) is 0 Å². The van der Waals surface area contributed by atoms with Crippen molar-refractivity contribution in [1.29, 1.82) is 0 Å². The lowest BCUT2D eigenvalue weighted by atomic mass is 9.69. The van der Waals surface area contributed by atoms with E-state index in [1.807, 2.05) is 30.4 Å². The van der Waals surface area contributed by atoms with Crippen LogP contribution in [0.4, 0.5) is 0 Å². The van der Waals surface area contributed by atoms with Gasteiger partial charge < -0.3 is 4.42 Å². The molecule has 1 atom stereocenters. The number of hydrogen-bond acceptors (Lipinski definition) is 1. The van der Waals surface area contributed by atoms with Gasteiger partial charge in [0.25, 0.3) is 0 Å². The Morgan fingerprint density at radius 3 is 2.53 bits per heavy atom. The lowest BCUT2D eigenvalue weighted by Gasteiger charge is -2.31. The van der Waals surface area contributed by atoms with Crippen molar-refractivity contribution in [1.82, 2.24) is 0 Å². The Kier molecular flexibility index (Phi) is 3.96. The smallest absolute Gasteiger partial charge is 0.136 e. The second kappa shape index (κ2) is 6.85. The molecule has 0 saturated heterocycles. The first-order valence-corrected chi connectivity index (χ1v) is 11.9. The van der Waals surface area contributed by atoms with E-state index in [9.17, 15) is 0 Å². The highest BCUT2D eigenvalue weighted by Crippen LogP contribution is 2.63. The van der Waals surface area contributed by atoms with Crippen LogP contribution in [0.1, 0.15) is 29.2 Å². The molecule has 1 nitrogen and oxygen atoms in total. The van der Waals surface area contributed by atoms with Gasteiger partial charge in [-0.25, -0.2) is 0 Å². The minimum atomic E-state index is -0.442. The molecule has 0 bridgehead atoms. The lowest BCUT2D eigenvalue weighted by Crippen LogP contribution is -2.26. The van der Waals surface area contributed by atoms with E-state index in [0.29, 0.717) is 0 Å². The summed E-state index contributed by atoms with van der Waals surface area (Å²) in [6.07, 6.45) is 6.11. The van der Waals surface area contributed by atoms with E-state index in [0.717, 1.165) is 21.6 Å². The number of halogens is 1. The Hall–Kier alpha value is -3.81. The number of allylic oxidation sites excluding steroid dienone is 5. The minimum absolute atomic E-state index is 0.442. The first-order chi connectivity index (χ1) is 16.7. The van der Waals surface area contributed by atoms with Gasteiger partial charge in [-0.1, -0.05) is 91.0 Å². The highest BCUT2D eigenvalue weighted by Gasteiger charge is 2.52. The van der Waals surface area contributed by atoms with Crippen LogP contribution in [0.3, 0.4) is 0 Å². The third-order valence-electron chi connectivity index (χ3n) is 7.54. The number of para-hydroxylation sites is 1. The van der Waals surface area contributed by atoms with E-state index < -0.39 is 5.41 Å². The van der Waals surface area contributed by atoms with E-state index >= 15 is 0 Å². The van der Waals surface area contributed by atoms with Crippen LogP contribution in [0, 0.1) is 0 Å². The van der Waals surface area contributed by atoms with Gasteiger partial charge in [-0.2, -0.15) is 0 Å². The molecule has 1 aromatic heterocycles. The van der Waals surface area contributed by atoms with Gasteiger partial charge in [0.05, 0.1) is 5.41 Å². The Balaban J connectivity index is 1.73. The van der Waals surface area contributed by atoms with Gasteiger partial charge in [-0.3, -0.25) is 0 Å². The SMILES string of the molecule is C=C/C=C\C1=C(C)c2ccccc2C12c1cc(Cl)ccc1-c1c2ccc2oc3ccccc3c12. The first kappa shape index (κ1) is 19.6. The van der Waals surface area contributed by atoms with Crippen LogP contribution >= 0.6 is 11.6 Å². The van der Waals surface area contributed by atoms with E-state index in [4.69, 9.17) is 16.0 Å². The summed E-state index contributed by atoms with van der Waals surface area (Å²) in [6.45, 7) is 6.17. The normalized spacial score (nSPS) is 18.3. The summed E-state index contributed by atoms with van der Waals surface area (Å²) >= 11 is 6.67. The largest absolute Gasteiger partial charge is 0.456 e. The van der Waals surface area contributed by atoms with Crippen molar-refractivity contribution in [3.05, 3.63) is 137 Å². The van der Waals surface area contributed by atoms with Crippen molar-refractivity contribution in [3.8, 4) is 11.1 Å². The molecule has 5 aromatic rings. The highest BCUT2D eigenvalue weighted by molar-refractivity contribution is 6.31. The predicted molar refractivity (Wildman–Crippen MR) is 142 cm³/mol. The van der Waals surface area contributed by atoms with Gasteiger partial charge in [-0.15, -0.1) is 0 Å². The number of hydrogen-bond donors (Lipinski definition) is 0. The van der Waals surface area contributed by atoms with Crippen molar-refractivity contribution in [2.45, 2.75) is 12.3 Å². The third-order valence-corrected chi connectivity index (χ3v) is 7.78. The van der Waals surface area contributed by atoms with Crippen LogP contribution in [-0.2, 0) is 5.41 Å². The van der Waals surface area contributed by atoms with Crippen LogP contribution in [0.15, 0.2) is 114 Å². The lowest BCUT2D eigenvalue weighted by molar-refractivity contribution is 0.668. The van der Waals surface area contributed by atoms with Gasteiger partial charge in [0, 0.05) is 15.8 Å². The van der Waals surface area contributed by atoms with Crippen LogP contribution in [0.2, 0.25) is 5.02 Å². The van der Waals surface area contributed by atoms with Crippen LogP contribution in [0.25, 0.3) is 38.6 Å².